The van der Waals surface area contributed by atoms with Crippen LogP contribution in [0.3, 0.4) is 0 Å². The van der Waals surface area contributed by atoms with Crippen LogP contribution < -0.4 is 5.32 Å². The number of carbonyl (C=O) groups excluding carboxylic acids is 1. The van der Waals surface area contributed by atoms with E-state index in [9.17, 15) is 14.9 Å². The zero-order valence-electron chi connectivity index (χ0n) is 10.3. The molecule has 1 amide bonds. The van der Waals surface area contributed by atoms with Crippen LogP contribution in [-0.4, -0.2) is 22.8 Å². The Morgan fingerprint density at radius 1 is 1.56 bits per heavy atom. The highest BCUT2D eigenvalue weighted by Gasteiger charge is 2.14. The second-order valence-electron chi connectivity index (χ2n) is 4.08. The van der Waals surface area contributed by atoms with Gasteiger partial charge in [0.15, 0.2) is 0 Å². The van der Waals surface area contributed by atoms with Crippen molar-refractivity contribution in [2.24, 2.45) is 0 Å². The van der Waals surface area contributed by atoms with Crippen molar-refractivity contribution in [3.05, 3.63) is 39.4 Å². The SMILES string of the molecule is Cc1ccc([N+](=O)[O-])cc1C(=O)NCCC(C)Cl. The van der Waals surface area contributed by atoms with Crippen molar-refractivity contribution in [2.75, 3.05) is 6.54 Å². The van der Waals surface area contributed by atoms with Gasteiger partial charge in [0.25, 0.3) is 11.6 Å². The Hall–Kier alpha value is -1.62. The third-order valence-corrected chi connectivity index (χ3v) is 2.72. The lowest BCUT2D eigenvalue weighted by molar-refractivity contribution is -0.384. The summed E-state index contributed by atoms with van der Waals surface area (Å²) >= 11 is 5.76. The number of nitrogens with zero attached hydrogens (tertiary/aromatic N) is 1. The minimum atomic E-state index is -0.517. The van der Waals surface area contributed by atoms with Crippen LogP contribution in [0.25, 0.3) is 0 Å². The summed E-state index contributed by atoms with van der Waals surface area (Å²) < 4.78 is 0. The molecule has 1 aromatic rings. The molecule has 0 radical (unpaired) electrons. The molecule has 0 aliphatic rings. The van der Waals surface area contributed by atoms with Crippen molar-refractivity contribution < 1.29 is 9.72 Å². The second-order valence-corrected chi connectivity index (χ2v) is 4.83. The number of halogens is 1. The lowest BCUT2D eigenvalue weighted by atomic mass is 10.1. The molecule has 0 aliphatic heterocycles. The van der Waals surface area contributed by atoms with Gasteiger partial charge in [-0.15, -0.1) is 11.6 Å². The van der Waals surface area contributed by atoms with Crippen LogP contribution in [0.4, 0.5) is 5.69 Å². The van der Waals surface area contributed by atoms with Crippen molar-refractivity contribution in [1.82, 2.24) is 5.32 Å². The Bertz CT molecular complexity index is 461. The van der Waals surface area contributed by atoms with Crippen molar-refractivity contribution >= 4 is 23.2 Å². The fraction of sp³-hybridized carbons (Fsp3) is 0.417. The van der Waals surface area contributed by atoms with E-state index < -0.39 is 4.92 Å². The first kappa shape index (κ1) is 14.4. The number of aryl methyl sites for hydroxylation is 1. The Labute approximate surface area is 110 Å². The molecule has 18 heavy (non-hydrogen) atoms. The van der Waals surface area contributed by atoms with E-state index in [1.165, 1.54) is 12.1 Å². The summed E-state index contributed by atoms with van der Waals surface area (Å²) in [7, 11) is 0. The van der Waals surface area contributed by atoms with E-state index in [1.54, 1.807) is 13.0 Å². The number of benzene rings is 1. The highest BCUT2D eigenvalue weighted by atomic mass is 35.5. The number of rotatable bonds is 5. The molecule has 0 aliphatic carbocycles. The van der Waals surface area contributed by atoms with Gasteiger partial charge >= 0.3 is 0 Å². The molecule has 0 saturated carbocycles. The number of hydrogen-bond donors (Lipinski definition) is 1. The molecule has 1 rings (SSSR count). The van der Waals surface area contributed by atoms with E-state index in [4.69, 9.17) is 11.6 Å². The first-order chi connectivity index (χ1) is 8.41. The van der Waals surface area contributed by atoms with Gasteiger partial charge in [0, 0.05) is 29.6 Å². The highest BCUT2D eigenvalue weighted by Crippen LogP contribution is 2.17. The maximum Gasteiger partial charge on any atom is 0.270 e. The molecule has 1 aromatic carbocycles. The molecular formula is C12H15ClN2O3. The van der Waals surface area contributed by atoms with Crippen LogP contribution in [0.15, 0.2) is 18.2 Å². The van der Waals surface area contributed by atoms with Crippen LogP contribution in [-0.2, 0) is 0 Å². The molecule has 0 aromatic heterocycles. The van der Waals surface area contributed by atoms with Gasteiger partial charge in [-0.1, -0.05) is 6.07 Å². The zero-order chi connectivity index (χ0) is 13.7. The predicted octanol–water partition coefficient (Wildman–Crippen LogP) is 2.65. The van der Waals surface area contributed by atoms with Gasteiger partial charge in [-0.2, -0.15) is 0 Å². The van der Waals surface area contributed by atoms with Gasteiger partial charge < -0.3 is 5.32 Å². The maximum atomic E-state index is 11.8. The number of carbonyl (C=O) groups is 1. The zero-order valence-corrected chi connectivity index (χ0v) is 11.0. The molecule has 1 N–H and O–H groups in total. The number of nitro groups is 1. The lowest BCUT2D eigenvalue weighted by Crippen LogP contribution is -2.26. The normalized spacial score (nSPS) is 11.9. The molecule has 0 saturated heterocycles. The molecule has 1 atom stereocenters. The van der Waals surface area contributed by atoms with Crippen LogP contribution in [0, 0.1) is 17.0 Å². The summed E-state index contributed by atoms with van der Waals surface area (Å²) in [5.41, 5.74) is 0.944. The van der Waals surface area contributed by atoms with E-state index in [0.717, 1.165) is 0 Å². The molecule has 0 spiro atoms. The smallest absolute Gasteiger partial charge is 0.270 e. The summed E-state index contributed by atoms with van der Waals surface area (Å²) in [6, 6.07) is 4.24. The molecule has 0 bridgehead atoms. The number of nitro benzene ring substituents is 1. The minimum Gasteiger partial charge on any atom is -0.352 e. The molecular weight excluding hydrogens is 256 g/mol. The number of nitrogens with one attached hydrogen (secondary N) is 1. The van der Waals surface area contributed by atoms with Gasteiger partial charge in [-0.05, 0) is 25.8 Å². The van der Waals surface area contributed by atoms with Crippen LogP contribution in [0.2, 0.25) is 0 Å². The number of amides is 1. The van der Waals surface area contributed by atoms with Crippen LogP contribution in [0.1, 0.15) is 29.3 Å². The fourth-order valence-electron chi connectivity index (χ4n) is 1.45. The minimum absolute atomic E-state index is 0.0171. The summed E-state index contributed by atoms with van der Waals surface area (Å²) in [5.74, 6) is -0.312. The second kappa shape index (κ2) is 6.35. The van der Waals surface area contributed by atoms with E-state index in [2.05, 4.69) is 5.32 Å². The standard InChI is InChI=1S/C12H15ClN2O3/c1-8-3-4-10(15(17)18)7-11(8)12(16)14-6-5-9(2)13/h3-4,7,9H,5-6H2,1-2H3,(H,14,16). The maximum absolute atomic E-state index is 11.8. The summed E-state index contributed by atoms with van der Waals surface area (Å²) in [5, 5.41) is 13.3. The van der Waals surface area contributed by atoms with E-state index in [0.29, 0.717) is 24.1 Å². The number of alkyl halides is 1. The molecule has 0 heterocycles. The summed E-state index contributed by atoms with van der Waals surface area (Å²) in [4.78, 5) is 22.0. The van der Waals surface area contributed by atoms with E-state index in [1.807, 2.05) is 6.92 Å². The topological polar surface area (TPSA) is 72.2 Å². The molecule has 5 nitrogen and oxygen atoms in total. The number of hydrogen-bond acceptors (Lipinski definition) is 3. The molecule has 0 fully saturated rings. The Morgan fingerprint density at radius 2 is 2.22 bits per heavy atom. The van der Waals surface area contributed by atoms with Crippen molar-refractivity contribution in [1.29, 1.82) is 0 Å². The van der Waals surface area contributed by atoms with E-state index in [-0.39, 0.29) is 17.0 Å². The van der Waals surface area contributed by atoms with Crippen LogP contribution >= 0.6 is 11.6 Å². The molecule has 6 heteroatoms. The molecule has 1 unspecified atom stereocenters. The van der Waals surface area contributed by atoms with Gasteiger partial charge in [0.1, 0.15) is 0 Å². The third-order valence-electron chi connectivity index (χ3n) is 2.50. The average Bonchev–Trinajstić information content (AvgIpc) is 2.28. The summed E-state index contributed by atoms with van der Waals surface area (Å²) in [6.07, 6.45) is 0.654. The lowest BCUT2D eigenvalue weighted by Gasteiger charge is -2.08. The fourth-order valence-corrected chi connectivity index (χ4v) is 1.56. The first-order valence-electron chi connectivity index (χ1n) is 5.59. The van der Waals surface area contributed by atoms with Crippen molar-refractivity contribution in [2.45, 2.75) is 25.6 Å². The average molecular weight is 271 g/mol. The first-order valence-corrected chi connectivity index (χ1v) is 6.02. The molecule has 98 valence electrons. The third kappa shape index (κ3) is 4.00. The largest absolute Gasteiger partial charge is 0.352 e. The Kier molecular flexibility index (Phi) is 5.09. The number of non-ortho nitro benzene ring substituents is 1. The predicted molar refractivity (Wildman–Crippen MR) is 70.1 cm³/mol. The van der Waals surface area contributed by atoms with Gasteiger partial charge in [0.05, 0.1) is 4.92 Å². The highest BCUT2D eigenvalue weighted by molar-refractivity contribution is 6.20. The van der Waals surface area contributed by atoms with Gasteiger partial charge in [-0.25, -0.2) is 0 Å². The monoisotopic (exact) mass is 270 g/mol. The summed E-state index contributed by atoms with van der Waals surface area (Å²) in [6.45, 7) is 4.03. The quantitative estimate of drug-likeness (QED) is 0.508. The van der Waals surface area contributed by atoms with Gasteiger partial charge in [-0.3, -0.25) is 14.9 Å². The Morgan fingerprint density at radius 3 is 2.78 bits per heavy atom. The van der Waals surface area contributed by atoms with E-state index >= 15 is 0 Å². The van der Waals surface area contributed by atoms with Gasteiger partial charge in [0.2, 0.25) is 0 Å². The Balaban J connectivity index is 2.78. The van der Waals surface area contributed by atoms with Crippen molar-refractivity contribution in [3.8, 4) is 0 Å². The van der Waals surface area contributed by atoms with Crippen molar-refractivity contribution in [3.63, 3.8) is 0 Å². The van der Waals surface area contributed by atoms with Crippen LogP contribution in [0.5, 0.6) is 0 Å².